The van der Waals surface area contributed by atoms with Crippen molar-refractivity contribution in [3.05, 3.63) is 86.2 Å². The van der Waals surface area contributed by atoms with Gasteiger partial charge < -0.3 is 26.4 Å². The largest absolute Gasteiger partial charge is 0.504 e. The summed E-state index contributed by atoms with van der Waals surface area (Å²) in [7, 11) is 1.52. The number of rotatable bonds is 9. The molecule has 3 rings (SSSR count). The van der Waals surface area contributed by atoms with Crippen molar-refractivity contribution in [1.82, 2.24) is 9.97 Å². The fourth-order valence-corrected chi connectivity index (χ4v) is 2.42. The van der Waals surface area contributed by atoms with Gasteiger partial charge in [-0.3, -0.25) is 4.79 Å². The number of para-hydroxylation sites is 2. The van der Waals surface area contributed by atoms with Gasteiger partial charge in [0.25, 0.3) is 6.47 Å². The van der Waals surface area contributed by atoms with Gasteiger partial charge in [-0.1, -0.05) is 50.2 Å². The topological polar surface area (TPSA) is 79.8 Å². The van der Waals surface area contributed by atoms with Crippen molar-refractivity contribution in [1.29, 1.82) is 0 Å². The fourth-order valence-electron chi connectivity index (χ4n) is 2.42. The maximum Gasteiger partial charge on any atom is 0.293 e. The average Bonchev–Trinajstić information content (AvgIpc) is 2.79. The van der Waals surface area contributed by atoms with Crippen LogP contribution in [0.25, 0.3) is 5.57 Å². The second-order valence-electron chi connectivity index (χ2n) is 5.49. The van der Waals surface area contributed by atoms with E-state index in [9.17, 15) is 4.79 Å². The van der Waals surface area contributed by atoms with E-state index in [0.717, 1.165) is 0 Å². The summed E-state index contributed by atoms with van der Waals surface area (Å²) in [6, 6.07) is 18.2. The van der Waals surface area contributed by atoms with Gasteiger partial charge in [0.2, 0.25) is 11.8 Å². The van der Waals surface area contributed by atoms with Gasteiger partial charge in [0.15, 0.2) is 0 Å². The van der Waals surface area contributed by atoms with Crippen molar-refractivity contribution >= 4 is 12.0 Å². The van der Waals surface area contributed by atoms with E-state index < -0.39 is 0 Å². The second-order valence-corrected chi connectivity index (χ2v) is 5.49. The number of aromatic nitrogens is 2. The van der Waals surface area contributed by atoms with Gasteiger partial charge in [-0.05, 0) is 18.2 Å². The van der Waals surface area contributed by atoms with E-state index in [1.165, 1.54) is 19.7 Å². The Hall–Kier alpha value is -2.77. The van der Waals surface area contributed by atoms with E-state index in [1.54, 1.807) is 12.1 Å². The van der Waals surface area contributed by atoms with Crippen LogP contribution in [0.4, 0.5) is 0 Å². The van der Waals surface area contributed by atoms with Gasteiger partial charge in [0.05, 0.1) is 19.4 Å². The molecule has 1 radical (unpaired) electrons. The van der Waals surface area contributed by atoms with Crippen LogP contribution in [0.5, 0.6) is 23.3 Å². The minimum Gasteiger partial charge on any atom is -0.504 e. The molecule has 0 N–H and O–H groups in total. The van der Waals surface area contributed by atoms with Gasteiger partial charge in [-0.15, -0.1) is 0 Å². The van der Waals surface area contributed by atoms with Crippen LogP contribution < -0.4 is 9.47 Å². The molecule has 8 heteroatoms. The molecule has 0 bridgehead atoms. The first-order valence-corrected chi connectivity index (χ1v) is 9.39. The number of hydrogen-bond donors (Lipinski definition) is 0. The summed E-state index contributed by atoms with van der Waals surface area (Å²) in [6.07, 6.45) is 2.85. The Balaban J connectivity index is 0.00000234. The van der Waals surface area contributed by atoms with Gasteiger partial charge >= 0.3 is 0 Å². The van der Waals surface area contributed by atoms with Crippen LogP contribution in [-0.2, 0) is 47.0 Å². The maximum atomic E-state index is 10.6. The van der Waals surface area contributed by atoms with E-state index in [4.69, 9.17) is 18.9 Å². The van der Waals surface area contributed by atoms with Crippen LogP contribution in [0.2, 0.25) is 0 Å². The number of carbonyl (C=O) groups excluding carboxylic acids is 1. The number of nitrogens with zero attached hydrogens (tertiary/aromatic N) is 2. The van der Waals surface area contributed by atoms with Crippen LogP contribution in [-0.4, -0.2) is 30.2 Å². The van der Waals surface area contributed by atoms with Crippen LogP contribution >= 0.6 is 0 Å². The molecule has 0 saturated carbocycles. The zero-order valence-corrected chi connectivity index (χ0v) is 21.6. The molecule has 0 spiro atoms. The summed E-state index contributed by atoms with van der Waals surface area (Å²) in [5, 5.41) is 0. The maximum absolute atomic E-state index is 10.6. The molecule has 7 nitrogen and oxygen atoms in total. The Morgan fingerprint density at radius 1 is 0.938 bits per heavy atom. The van der Waals surface area contributed by atoms with Gasteiger partial charge in [0.1, 0.15) is 24.4 Å². The molecule has 0 saturated heterocycles. The Morgan fingerprint density at radius 3 is 2.22 bits per heavy atom. The number of methoxy groups -OCH3 is 1. The molecular weight excluding hydrogens is 485 g/mol. The van der Waals surface area contributed by atoms with E-state index in [0.29, 0.717) is 40.9 Å². The van der Waals surface area contributed by atoms with E-state index in [-0.39, 0.29) is 46.7 Å². The number of ether oxygens (including phenoxy) is 4. The molecule has 0 aliphatic heterocycles. The predicted molar refractivity (Wildman–Crippen MR) is 120 cm³/mol. The summed E-state index contributed by atoms with van der Waals surface area (Å²) >= 11 is 0. The molecule has 1 heterocycles. The van der Waals surface area contributed by atoms with Gasteiger partial charge in [0, 0.05) is 43.8 Å². The van der Waals surface area contributed by atoms with Crippen LogP contribution in [0, 0.1) is 7.43 Å². The van der Waals surface area contributed by atoms with Crippen LogP contribution in [0.15, 0.2) is 73.3 Å². The summed E-state index contributed by atoms with van der Waals surface area (Å²) < 4.78 is 21.6. The van der Waals surface area contributed by atoms with Crippen molar-refractivity contribution in [3.63, 3.8) is 0 Å². The van der Waals surface area contributed by atoms with Crippen molar-refractivity contribution in [3.8, 4) is 23.3 Å². The zero-order valence-electron chi connectivity index (χ0n) is 18.7. The summed E-state index contributed by atoms with van der Waals surface area (Å²) in [5.74, 6) is 1.83. The third-order valence-corrected chi connectivity index (χ3v) is 3.60. The van der Waals surface area contributed by atoms with Gasteiger partial charge in [-0.2, -0.15) is 0 Å². The molecular formula is C24H27N2O5Y-. The van der Waals surface area contributed by atoms with Crippen molar-refractivity contribution in [2.75, 3.05) is 13.7 Å². The molecule has 0 aliphatic rings. The summed E-state index contributed by atoms with van der Waals surface area (Å²) in [6.45, 7) is 4.43. The zero-order chi connectivity index (χ0) is 21.6. The molecule has 0 unspecified atom stereocenters. The molecule has 1 aromatic heterocycles. The normalized spacial score (nSPS) is 9.66. The molecule has 32 heavy (non-hydrogen) atoms. The average molecular weight is 512 g/mol. The van der Waals surface area contributed by atoms with E-state index in [1.807, 2.05) is 62.4 Å². The molecule has 167 valence electrons. The smallest absolute Gasteiger partial charge is 0.293 e. The number of benzene rings is 2. The third-order valence-electron chi connectivity index (χ3n) is 3.60. The molecule has 0 amide bonds. The van der Waals surface area contributed by atoms with Gasteiger partial charge in [-0.25, -0.2) is 9.97 Å². The Kier molecular flexibility index (Phi) is 15.4. The molecule has 0 aliphatic carbocycles. The van der Waals surface area contributed by atoms with Crippen LogP contribution in [0.3, 0.4) is 0 Å². The number of hydrogen-bond acceptors (Lipinski definition) is 7. The standard InChI is InChI=1S/C21H18N2O5.C2H6.CH3.Y/c1-25-12-16(13-26-15-24)18-9-5-6-10-19(18)28-21-11-20(22-14-23-21)27-17-7-3-2-4-8-17;1-2;;/h2-12,14-15H,13H2,1H3;1-2H3;1H3;/q;;-1;/b16-12-;;;. The first kappa shape index (κ1) is 29.2. The fraction of sp³-hybridized carbons (Fsp3) is 0.167. The number of carbonyl (C=O) groups is 1. The summed E-state index contributed by atoms with van der Waals surface area (Å²) in [4.78, 5) is 18.8. The molecule has 0 atom stereocenters. The second kappa shape index (κ2) is 16.9. The van der Waals surface area contributed by atoms with E-state index >= 15 is 0 Å². The predicted octanol–water partition coefficient (Wildman–Crippen LogP) is 5.70. The SMILES string of the molecule is CC.CO/C=C(/COC=O)c1ccccc1Oc1cc(Oc2ccccc2)ncn1.[CH3-].[Y]. The summed E-state index contributed by atoms with van der Waals surface area (Å²) in [5.41, 5.74) is 1.34. The first-order valence-electron chi connectivity index (χ1n) is 9.39. The van der Waals surface area contributed by atoms with E-state index in [2.05, 4.69) is 9.97 Å². The monoisotopic (exact) mass is 512 g/mol. The van der Waals surface area contributed by atoms with Crippen molar-refractivity contribution < 1.29 is 56.5 Å². The minimum atomic E-state index is 0. The Labute approximate surface area is 214 Å². The van der Waals surface area contributed by atoms with Crippen molar-refractivity contribution in [2.24, 2.45) is 0 Å². The Morgan fingerprint density at radius 2 is 1.56 bits per heavy atom. The molecule has 0 fully saturated rings. The first-order chi connectivity index (χ1) is 14.8. The quantitative estimate of drug-likeness (QED) is 0.207. The van der Waals surface area contributed by atoms with Crippen LogP contribution in [0.1, 0.15) is 19.4 Å². The van der Waals surface area contributed by atoms with Crippen molar-refractivity contribution in [2.45, 2.75) is 13.8 Å². The molecule has 2 aromatic carbocycles. The third kappa shape index (κ3) is 9.16. The minimum absolute atomic E-state index is 0. The Bertz CT molecular complexity index is 952. The molecule has 3 aromatic rings.